The lowest BCUT2D eigenvalue weighted by Gasteiger charge is -2.09. The normalized spacial score (nSPS) is 10.0. The van der Waals surface area contributed by atoms with Gasteiger partial charge in [0.05, 0.1) is 20.3 Å². The van der Waals surface area contributed by atoms with Crippen LogP contribution < -0.4 is 9.47 Å². The number of halogens is 1. The van der Waals surface area contributed by atoms with Gasteiger partial charge in [-0.2, -0.15) is 5.26 Å². The van der Waals surface area contributed by atoms with E-state index in [0.717, 1.165) is 10.0 Å². The van der Waals surface area contributed by atoms with E-state index in [-0.39, 0.29) is 0 Å². The van der Waals surface area contributed by atoms with Crippen molar-refractivity contribution in [3.63, 3.8) is 0 Å². The van der Waals surface area contributed by atoms with Crippen molar-refractivity contribution in [1.29, 1.82) is 5.26 Å². The average molecular weight is 268 g/mol. The number of allylic oxidation sites excluding steroid dienone is 1. The topological polar surface area (TPSA) is 42.2 Å². The fourth-order valence-electron chi connectivity index (χ4n) is 1.12. The van der Waals surface area contributed by atoms with Crippen molar-refractivity contribution in [1.82, 2.24) is 0 Å². The maximum Gasteiger partial charge on any atom is 0.161 e. The van der Waals surface area contributed by atoms with E-state index in [2.05, 4.69) is 15.9 Å². The molecular formula is C11H10BrNO2. The van der Waals surface area contributed by atoms with E-state index < -0.39 is 0 Å². The van der Waals surface area contributed by atoms with Gasteiger partial charge in [-0.3, -0.25) is 0 Å². The van der Waals surface area contributed by atoms with Gasteiger partial charge < -0.3 is 9.47 Å². The Balaban J connectivity index is 3.20. The molecule has 0 saturated heterocycles. The highest BCUT2D eigenvalue weighted by molar-refractivity contribution is 9.10. The van der Waals surface area contributed by atoms with Crippen LogP contribution in [0.15, 0.2) is 22.7 Å². The Morgan fingerprint density at radius 3 is 2.40 bits per heavy atom. The van der Waals surface area contributed by atoms with E-state index in [9.17, 15) is 0 Å². The van der Waals surface area contributed by atoms with Crippen LogP contribution in [0.2, 0.25) is 0 Å². The number of rotatable bonds is 3. The van der Waals surface area contributed by atoms with Crippen LogP contribution in [-0.2, 0) is 0 Å². The van der Waals surface area contributed by atoms with Gasteiger partial charge in [0.15, 0.2) is 11.5 Å². The molecule has 1 aromatic carbocycles. The third-order valence-electron chi connectivity index (χ3n) is 1.84. The molecule has 0 fully saturated rings. The summed E-state index contributed by atoms with van der Waals surface area (Å²) in [6.45, 7) is 0. The van der Waals surface area contributed by atoms with Crippen molar-refractivity contribution < 1.29 is 9.47 Å². The van der Waals surface area contributed by atoms with Crippen molar-refractivity contribution >= 4 is 22.0 Å². The van der Waals surface area contributed by atoms with Crippen LogP contribution in [0.1, 0.15) is 5.56 Å². The molecule has 0 atom stereocenters. The monoisotopic (exact) mass is 267 g/mol. The van der Waals surface area contributed by atoms with Gasteiger partial charge >= 0.3 is 0 Å². The molecule has 15 heavy (non-hydrogen) atoms. The number of ether oxygens (including phenoxy) is 2. The van der Waals surface area contributed by atoms with Gasteiger partial charge in [-0.05, 0) is 23.8 Å². The SMILES string of the molecule is COc1cc(Br)c(/C=C/C#N)cc1OC. The highest BCUT2D eigenvalue weighted by Gasteiger charge is 2.07. The van der Waals surface area contributed by atoms with Crippen molar-refractivity contribution in [2.45, 2.75) is 0 Å². The summed E-state index contributed by atoms with van der Waals surface area (Å²) in [5.41, 5.74) is 0.870. The van der Waals surface area contributed by atoms with Crippen LogP contribution in [-0.4, -0.2) is 14.2 Å². The maximum atomic E-state index is 8.44. The van der Waals surface area contributed by atoms with E-state index in [1.165, 1.54) is 6.08 Å². The molecule has 0 radical (unpaired) electrons. The third-order valence-corrected chi connectivity index (χ3v) is 2.53. The standard InChI is InChI=1S/C11H10BrNO2/c1-14-10-6-8(4-3-5-13)9(12)7-11(10)15-2/h3-4,6-7H,1-2H3/b4-3+. The largest absolute Gasteiger partial charge is 0.493 e. The molecule has 0 spiro atoms. The molecule has 3 nitrogen and oxygen atoms in total. The second-order valence-electron chi connectivity index (χ2n) is 2.69. The lowest BCUT2D eigenvalue weighted by molar-refractivity contribution is 0.354. The minimum atomic E-state index is 0.637. The van der Waals surface area contributed by atoms with Gasteiger partial charge in [0.25, 0.3) is 0 Å². The van der Waals surface area contributed by atoms with Gasteiger partial charge in [-0.25, -0.2) is 0 Å². The lowest BCUT2D eigenvalue weighted by atomic mass is 10.2. The number of nitrogens with zero attached hydrogens (tertiary/aromatic N) is 1. The van der Waals surface area contributed by atoms with Crippen LogP contribution in [0.5, 0.6) is 11.5 Å². The van der Waals surface area contributed by atoms with Crippen LogP contribution in [0.4, 0.5) is 0 Å². The minimum Gasteiger partial charge on any atom is -0.493 e. The van der Waals surface area contributed by atoms with Gasteiger partial charge in [0.2, 0.25) is 0 Å². The van der Waals surface area contributed by atoms with E-state index in [1.807, 2.05) is 6.07 Å². The summed E-state index contributed by atoms with van der Waals surface area (Å²) < 4.78 is 11.1. The van der Waals surface area contributed by atoms with E-state index in [0.29, 0.717) is 11.5 Å². The summed E-state index contributed by atoms with van der Waals surface area (Å²) >= 11 is 3.39. The Labute approximate surface area is 97.1 Å². The second-order valence-corrected chi connectivity index (χ2v) is 3.55. The molecule has 0 unspecified atom stereocenters. The zero-order valence-corrected chi connectivity index (χ0v) is 10.0. The van der Waals surface area contributed by atoms with Gasteiger partial charge in [-0.15, -0.1) is 0 Å². The second kappa shape index (κ2) is 5.42. The molecule has 1 rings (SSSR count). The molecule has 0 aliphatic rings. The van der Waals surface area contributed by atoms with Crippen LogP contribution in [0.3, 0.4) is 0 Å². The quantitative estimate of drug-likeness (QED) is 0.791. The first-order chi connectivity index (χ1) is 7.22. The molecule has 0 amide bonds. The molecule has 0 N–H and O–H groups in total. The lowest BCUT2D eigenvalue weighted by Crippen LogP contribution is -1.91. The van der Waals surface area contributed by atoms with E-state index >= 15 is 0 Å². The number of hydrogen-bond donors (Lipinski definition) is 0. The van der Waals surface area contributed by atoms with Crippen LogP contribution in [0.25, 0.3) is 6.08 Å². The summed E-state index contributed by atoms with van der Waals surface area (Å²) in [4.78, 5) is 0. The molecule has 1 aromatic rings. The fraction of sp³-hybridized carbons (Fsp3) is 0.182. The Morgan fingerprint density at radius 1 is 1.27 bits per heavy atom. The average Bonchev–Trinajstić information content (AvgIpc) is 2.27. The molecule has 0 aromatic heterocycles. The van der Waals surface area contributed by atoms with Gasteiger partial charge in [-0.1, -0.05) is 15.9 Å². The summed E-state index contributed by atoms with van der Waals surface area (Å²) in [5.74, 6) is 1.29. The van der Waals surface area contributed by atoms with E-state index in [4.69, 9.17) is 14.7 Å². The molecule has 78 valence electrons. The number of methoxy groups -OCH3 is 2. The summed E-state index contributed by atoms with van der Waals surface area (Å²) in [6.07, 6.45) is 3.11. The van der Waals surface area contributed by atoms with E-state index in [1.54, 1.807) is 32.4 Å². The smallest absolute Gasteiger partial charge is 0.161 e. The molecule has 0 bridgehead atoms. The van der Waals surface area contributed by atoms with Crippen molar-refractivity contribution in [3.8, 4) is 17.6 Å². The Bertz CT molecular complexity index is 421. The fourth-order valence-corrected chi connectivity index (χ4v) is 1.58. The zero-order chi connectivity index (χ0) is 11.3. The molecule has 4 heteroatoms. The summed E-state index contributed by atoms with van der Waals surface area (Å²) in [7, 11) is 3.15. The molecular weight excluding hydrogens is 258 g/mol. The molecule has 0 saturated carbocycles. The predicted molar refractivity (Wildman–Crippen MR) is 61.9 cm³/mol. The molecule has 0 aliphatic carbocycles. The Morgan fingerprint density at radius 2 is 1.87 bits per heavy atom. The Hall–Kier alpha value is -1.47. The van der Waals surface area contributed by atoms with Gasteiger partial charge in [0, 0.05) is 10.5 Å². The molecule has 0 heterocycles. The minimum absolute atomic E-state index is 0.637. The predicted octanol–water partition coefficient (Wildman–Crippen LogP) is 3.00. The first kappa shape index (κ1) is 11.6. The highest BCUT2D eigenvalue weighted by Crippen LogP contribution is 2.33. The third kappa shape index (κ3) is 2.74. The number of nitriles is 1. The summed E-state index contributed by atoms with van der Waals surface area (Å²) in [5, 5.41) is 8.44. The van der Waals surface area contributed by atoms with Crippen molar-refractivity contribution in [3.05, 3.63) is 28.2 Å². The van der Waals surface area contributed by atoms with Crippen molar-refractivity contribution in [2.75, 3.05) is 14.2 Å². The highest BCUT2D eigenvalue weighted by atomic mass is 79.9. The number of benzene rings is 1. The van der Waals surface area contributed by atoms with Crippen molar-refractivity contribution in [2.24, 2.45) is 0 Å². The molecule has 0 aliphatic heterocycles. The number of hydrogen-bond acceptors (Lipinski definition) is 3. The van der Waals surface area contributed by atoms with Gasteiger partial charge in [0.1, 0.15) is 0 Å². The zero-order valence-electron chi connectivity index (χ0n) is 8.45. The maximum absolute atomic E-state index is 8.44. The van der Waals surface area contributed by atoms with Crippen LogP contribution >= 0.6 is 15.9 Å². The summed E-state index contributed by atoms with van der Waals surface area (Å²) in [6, 6.07) is 5.54. The first-order valence-electron chi connectivity index (χ1n) is 4.20. The first-order valence-corrected chi connectivity index (χ1v) is 5.00. The Kier molecular flexibility index (Phi) is 4.19. The van der Waals surface area contributed by atoms with Crippen LogP contribution in [0, 0.1) is 11.3 Å².